The lowest BCUT2D eigenvalue weighted by Crippen LogP contribution is -2.10. The Kier molecular flexibility index (Phi) is 3.54. The zero-order valence-electron chi connectivity index (χ0n) is 14.3. The molecule has 2 aliphatic carbocycles. The van der Waals surface area contributed by atoms with Crippen LogP contribution in [0.3, 0.4) is 0 Å². The topological polar surface area (TPSA) is 26.3 Å². The Hall–Kier alpha value is -2.39. The van der Waals surface area contributed by atoms with Crippen LogP contribution in [0.4, 0.5) is 0 Å². The Labute approximate surface area is 160 Å². The van der Waals surface area contributed by atoms with Crippen LogP contribution in [0.15, 0.2) is 81.9 Å². The molecule has 1 fully saturated rings. The smallest absolute Gasteiger partial charge is 0.339 e. The van der Waals surface area contributed by atoms with Crippen molar-refractivity contribution in [2.75, 3.05) is 0 Å². The number of rotatable bonds is 1. The fourth-order valence-electron chi connectivity index (χ4n) is 4.17. The van der Waals surface area contributed by atoms with E-state index in [1.165, 1.54) is 16.3 Å². The summed E-state index contributed by atoms with van der Waals surface area (Å²) in [7, 11) is 0. The number of halogens is 1. The Balaban J connectivity index is 1.69. The van der Waals surface area contributed by atoms with Crippen molar-refractivity contribution in [2.45, 2.75) is 19.4 Å². The third-order valence-electron chi connectivity index (χ3n) is 5.56. The first-order valence-electron chi connectivity index (χ1n) is 8.82. The Morgan fingerprint density at radius 3 is 2.85 bits per heavy atom. The highest BCUT2D eigenvalue weighted by molar-refractivity contribution is 9.10. The average Bonchev–Trinajstić information content (AvgIpc) is 2.99. The molecule has 26 heavy (non-hydrogen) atoms. The summed E-state index contributed by atoms with van der Waals surface area (Å²) in [4.78, 5) is 12.5. The van der Waals surface area contributed by atoms with Crippen molar-refractivity contribution >= 4 is 32.7 Å². The van der Waals surface area contributed by atoms with Crippen LogP contribution in [0.2, 0.25) is 0 Å². The van der Waals surface area contributed by atoms with Crippen molar-refractivity contribution in [3.63, 3.8) is 0 Å². The summed E-state index contributed by atoms with van der Waals surface area (Å²) in [6.07, 6.45) is 11.2. The molecule has 0 N–H and O–H groups in total. The number of ether oxygens (including phenoxy) is 1. The van der Waals surface area contributed by atoms with Crippen LogP contribution in [0, 0.1) is 12.8 Å². The second-order valence-electron chi connectivity index (χ2n) is 7.02. The molecule has 1 aliphatic heterocycles. The van der Waals surface area contributed by atoms with Crippen molar-refractivity contribution < 1.29 is 9.53 Å². The molecule has 0 radical (unpaired) electrons. The maximum atomic E-state index is 12.5. The van der Waals surface area contributed by atoms with Gasteiger partial charge in [0.05, 0.1) is 5.57 Å². The molecule has 1 saturated heterocycles. The minimum Gasteiger partial charge on any atom is -0.449 e. The Morgan fingerprint density at radius 1 is 1.19 bits per heavy atom. The number of aryl methyl sites for hydroxylation is 1. The molecular weight excluding hydrogens is 388 g/mol. The highest BCUT2D eigenvalue weighted by Crippen LogP contribution is 2.46. The number of esters is 1. The molecule has 5 rings (SSSR count). The summed E-state index contributed by atoms with van der Waals surface area (Å²) in [5, 5.41) is 2.35. The van der Waals surface area contributed by atoms with Crippen molar-refractivity contribution in [3.8, 4) is 0 Å². The number of hydrogen-bond acceptors (Lipinski definition) is 2. The first-order chi connectivity index (χ1) is 12.6. The maximum Gasteiger partial charge on any atom is 0.339 e. The Bertz CT molecular complexity index is 1080. The fourth-order valence-corrected chi connectivity index (χ4v) is 4.77. The summed E-state index contributed by atoms with van der Waals surface area (Å²) >= 11 is 3.69. The lowest BCUT2D eigenvalue weighted by Gasteiger charge is -2.23. The molecule has 1 heterocycles. The van der Waals surface area contributed by atoms with Gasteiger partial charge in [0.2, 0.25) is 0 Å². The largest absolute Gasteiger partial charge is 0.449 e. The molecule has 2 aromatic carbocycles. The normalized spacial score (nSPS) is 23.8. The number of hydrogen-bond donors (Lipinski definition) is 0. The van der Waals surface area contributed by atoms with Gasteiger partial charge in [-0.3, -0.25) is 0 Å². The molecule has 128 valence electrons. The van der Waals surface area contributed by atoms with Crippen LogP contribution in [-0.2, 0) is 9.53 Å². The van der Waals surface area contributed by atoms with Crippen LogP contribution in [0.5, 0.6) is 0 Å². The van der Waals surface area contributed by atoms with Crippen LogP contribution in [0.1, 0.15) is 23.7 Å². The standard InChI is InChI=1S/C23H17BrO2/c1-13-16-8-4-5-9-17(16)21(24)12-18(13)22-19-10-14-6-2-3-7-15(14)11-20(19)23(25)26-22/h2-6,8-12,15,22H,7H2,1H3. The van der Waals surface area contributed by atoms with E-state index in [-0.39, 0.29) is 18.0 Å². The van der Waals surface area contributed by atoms with Gasteiger partial charge in [0.1, 0.15) is 0 Å². The minimum absolute atomic E-state index is 0.210. The molecule has 2 aromatic rings. The van der Waals surface area contributed by atoms with E-state index in [4.69, 9.17) is 4.74 Å². The fraction of sp³-hybridized carbons (Fsp3) is 0.174. The van der Waals surface area contributed by atoms with E-state index < -0.39 is 0 Å². The summed E-state index contributed by atoms with van der Waals surface area (Å²) in [5.41, 5.74) is 5.17. The van der Waals surface area contributed by atoms with Gasteiger partial charge in [-0.15, -0.1) is 0 Å². The third-order valence-corrected chi connectivity index (χ3v) is 6.21. The van der Waals surface area contributed by atoms with Crippen LogP contribution in [0.25, 0.3) is 10.8 Å². The lowest BCUT2D eigenvalue weighted by atomic mass is 9.80. The quantitative estimate of drug-likeness (QED) is 0.554. The monoisotopic (exact) mass is 404 g/mol. The number of cyclic esters (lactones) is 1. The predicted molar refractivity (Wildman–Crippen MR) is 107 cm³/mol. The Morgan fingerprint density at radius 2 is 2.00 bits per heavy atom. The van der Waals surface area contributed by atoms with Gasteiger partial charge in [0.25, 0.3) is 0 Å². The van der Waals surface area contributed by atoms with E-state index in [9.17, 15) is 4.79 Å². The molecular formula is C23H17BrO2. The molecule has 0 saturated carbocycles. The number of carbonyl (C=O) groups excluding carboxylic acids is 1. The first kappa shape index (κ1) is 15.8. The van der Waals surface area contributed by atoms with Crippen molar-refractivity contribution in [3.05, 3.63) is 93.0 Å². The third kappa shape index (κ3) is 2.27. The van der Waals surface area contributed by atoms with Gasteiger partial charge in [-0.05, 0) is 41.3 Å². The second-order valence-corrected chi connectivity index (χ2v) is 7.87. The van der Waals surface area contributed by atoms with Gasteiger partial charge in [-0.1, -0.05) is 70.6 Å². The molecule has 2 unspecified atom stereocenters. The average molecular weight is 405 g/mol. The van der Waals surface area contributed by atoms with Crippen molar-refractivity contribution in [2.24, 2.45) is 5.92 Å². The summed E-state index contributed by atoms with van der Waals surface area (Å²) in [6.45, 7) is 2.11. The van der Waals surface area contributed by atoms with Gasteiger partial charge >= 0.3 is 5.97 Å². The second kappa shape index (κ2) is 5.82. The van der Waals surface area contributed by atoms with E-state index in [0.29, 0.717) is 0 Å². The van der Waals surface area contributed by atoms with E-state index >= 15 is 0 Å². The molecule has 3 heteroatoms. The summed E-state index contributed by atoms with van der Waals surface area (Å²) in [6, 6.07) is 10.4. The zero-order valence-corrected chi connectivity index (χ0v) is 15.9. The van der Waals surface area contributed by atoms with Gasteiger partial charge in [-0.25, -0.2) is 4.79 Å². The summed E-state index contributed by atoms with van der Waals surface area (Å²) < 4.78 is 6.87. The molecule has 0 aromatic heterocycles. The number of fused-ring (bicyclic) bond motifs is 3. The van der Waals surface area contributed by atoms with Crippen LogP contribution < -0.4 is 0 Å². The minimum atomic E-state index is -0.345. The molecule has 3 aliphatic rings. The van der Waals surface area contributed by atoms with Gasteiger partial charge in [0.15, 0.2) is 6.10 Å². The highest BCUT2D eigenvalue weighted by atomic mass is 79.9. The number of allylic oxidation sites excluding steroid dienone is 6. The summed E-state index contributed by atoms with van der Waals surface area (Å²) in [5.74, 6) is 0.0769. The van der Waals surface area contributed by atoms with Crippen molar-refractivity contribution in [1.29, 1.82) is 0 Å². The van der Waals surface area contributed by atoms with Crippen LogP contribution >= 0.6 is 15.9 Å². The highest BCUT2D eigenvalue weighted by Gasteiger charge is 2.39. The van der Waals surface area contributed by atoms with E-state index in [1.807, 2.05) is 12.1 Å². The molecule has 2 atom stereocenters. The van der Waals surface area contributed by atoms with Gasteiger partial charge < -0.3 is 4.74 Å². The SMILES string of the molecule is Cc1c(C2OC(=O)C3=CC4CC=CC=C4C=C32)cc(Br)c2ccccc12. The molecule has 0 bridgehead atoms. The van der Waals surface area contributed by atoms with Gasteiger partial charge in [-0.2, -0.15) is 0 Å². The van der Waals surface area contributed by atoms with E-state index in [2.05, 4.69) is 71.4 Å². The molecule has 2 nitrogen and oxygen atoms in total. The number of benzene rings is 2. The zero-order chi connectivity index (χ0) is 17.8. The van der Waals surface area contributed by atoms with Crippen LogP contribution in [-0.4, -0.2) is 5.97 Å². The van der Waals surface area contributed by atoms with E-state index in [0.717, 1.165) is 33.2 Å². The predicted octanol–water partition coefficient (Wildman–Crippen LogP) is 5.88. The number of carbonyl (C=O) groups is 1. The molecule has 0 spiro atoms. The maximum absolute atomic E-state index is 12.5. The van der Waals surface area contributed by atoms with Crippen molar-refractivity contribution in [1.82, 2.24) is 0 Å². The molecule has 0 amide bonds. The lowest BCUT2D eigenvalue weighted by molar-refractivity contribution is -0.138. The van der Waals surface area contributed by atoms with E-state index in [1.54, 1.807) is 0 Å². The van der Waals surface area contributed by atoms with Gasteiger partial charge in [0, 0.05) is 21.5 Å². The first-order valence-corrected chi connectivity index (χ1v) is 9.62.